The minimum Gasteiger partial charge on any atom is -0.478 e. The number of rotatable bonds is 4. The second-order valence-electron chi connectivity index (χ2n) is 4.39. The van der Waals surface area contributed by atoms with E-state index in [-0.39, 0.29) is 17.3 Å². The zero-order chi connectivity index (χ0) is 14.0. The largest absolute Gasteiger partial charge is 0.478 e. The number of non-ortho nitro benzene ring substituents is 1. The van der Waals surface area contributed by atoms with Gasteiger partial charge in [0.25, 0.3) is 5.69 Å². The highest BCUT2D eigenvalue weighted by molar-refractivity contribution is 5.95. The number of carboxylic acid groups (broad SMARTS) is 1. The number of nitro groups is 1. The molecular weight excluding hydrogens is 252 g/mol. The number of aromatic carboxylic acids is 1. The molecule has 0 aromatic heterocycles. The molecule has 2 rings (SSSR count). The molecule has 1 saturated heterocycles. The van der Waals surface area contributed by atoms with Crippen LogP contribution in [0.5, 0.6) is 0 Å². The van der Waals surface area contributed by atoms with Crippen LogP contribution in [0.2, 0.25) is 0 Å². The molecular formula is C12H14N2O5. The number of carbonyl (C=O) groups is 1. The summed E-state index contributed by atoms with van der Waals surface area (Å²) in [5.74, 6) is -1.18. The van der Waals surface area contributed by atoms with Crippen LogP contribution in [0.15, 0.2) is 18.2 Å². The minimum atomic E-state index is -1.18. The third kappa shape index (κ3) is 2.65. The van der Waals surface area contributed by atoms with E-state index in [2.05, 4.69) is 0 Å². The van der Waals surface area contributed by atoms with Crippen LogP contribution in [0, 0.1) is 10.1 Å². The van der Waals surface area contributed by atoms with Crippen LogP contribution < -0.4 is 4.90 Å². The van der Waals surface area contributed by atoms with Crippen molar-refractivity contribution in [1.82, 2.24) is 0 Å². The molecule has 1 aliphatic rings. The van der Waals surface area contributed by atoms with Crippen molar-refractivity contribution in [2.75, 3.05) is 25.2 Å². The summed E-state index contributed by atoms with van der Waals surface area (Å²) in [7, 11) is 1.77. The molecule has 0 spiro atoms. The summed E-state index contributed by atoms with van der Waals surface area (Å²) in [6.07, 6.45) is 0.812. The molecule has 1 N–H and O–H groups in total. The lowest BCUT2D eigenvalue weighted by Gasteiger charge is -2.26. The second kappa shape index (κ2) is 5.23. The SMILES string of the molecule is CN(c1ccc([N+](=O)[O-])cc1C(=O)O)C1CCOC1. The number of carboxylic acids is 1. The van der Waals surface area contributed by atoms with Crippen LogP contribution in [-0.2, 0) is 4.74 Å². The van der Waals surface area contributed by atoms with E-state index >= 15 is 0 Å². The van der Waals surface area contributed by atoms with Crippen molar-refractivity contribution < 1.29 is 19.6 Å². The van der Waals surface area contributed by atoms with Crippen molar-refractivity contribution in [3.05, 3.63) is 33.9 Å². The number of anilines is 1. The third-order valence-electron chi connectivity index (χ3n) is 3.25. The van der Waals surface area contributed by atoms with Gasteiger partial charge in [-0.1, -0.05) is 0 Å². The Morgan fingerprint density at radius 2 is 2.32 bits per heavy atom. The Hall–Kier alpha value is -2.15. The smallest absolute Gasteiger partial charge is 0.338 e. The molecule has 102 valence electrons. The first-order chi connectivity index (χ1) is 9.00. The molecule has 0 bridgehead atoms. The lowest BCUT2D eigenvalue weighted by Crippen LogP contribution is -2.33. The van der Waals surface area contributed by atoms with E-state index < -0.39 is 10.9 Å². The van der Waals surface area contributed by atoms with E-state index in [0.29, 0.717) is 18.9 Å². The molecule has 1 unspecified atom stereocenters. The fourth-order valence-electron chi connectivity index (χ4n) is 2.14. The van der Waals surface area contributed by atoms with E-state index in [0.717, 1.165) is 12.5 Å². The predicted molar refractivity (Wildman–Crippen MR) is 67.7 cm³/mol. The number of ether oxygens (including phenoxy) is 1. The number of benzene rings is 1. The predicted octanol–water partition coefficient (Wildman–Crippen LogP) is 1.52. The van der Waals surface area contributed by atoms with Crippen LogP contribution >= 0.6 is 0 Å². The molecule has 0 radical (unpaired) electrons. The molecule has 7 heteroatoms. The van der Waals surface area contributed by atoms with Gasteiger partial charge in [0, 0.05) is 25.8 Å². The Labute approximate surface area is 109 Å². The zero-order valence-electron chi connectivity index (χ0n) is 10.4. The molecule has 1 aromatic rings. The molecule has 1 fully saturated rings. The van der Waals surface area contributed by atoms with Gasteiger partial charge in [-0.2, -0.15) is 0 Å². The summed E-state index contributed by atoms with van der Waals surface area (Å²) in [6.45, 7) is 1.18. The molecule has 7 nitrogen and oxygen atoms in total. The first-order valence-corrected chi connectivity index (χ1v) is 5.83. The van der Waals surface area contributed by atoms with Gasteiger partial charge in [0.15, 0.2) is 0 Å². The lowest BCUT2D eigenvalue weighted by atomic mass is 10.1. The Bertz CT molecular complexity index is 511. The highest BCUT2D eigenvalue weighted by atomic mass is 16.6. The average Bonchev–Trinajstić information content (AvgIpc) is 2.90. The molecule has 0 saturated carbocycles. The lowest BCUT2D eigenvalue weighted by molar-refractivity contribution is -0.384. The Kier molecular flexibility index (Phi) is 3.66. The van der Waals surface area contributed by atoms with E-state index in [4.69, 9.17) is 4.74 Å². The third-order valence-corrected chi connectivity index (χ3v) is 3.25. The van der Waals surface area contributed by atoms with Gasteiger partial charge in [0.1, 0.15) is 0 Å². The van der Waals surface area contributed by atoms with Crippen LogP contribution in [-0.4, -0.2) is 42.3 Å². The molecule has 1 heterocycles. The van der Waals surface area contributed by atoms with E-state index in [9.17, 15) is 20.0 Å². The Morgan fingerprint density at radius 3 is 2.84 bits per heavy atom. The van der Waals surface area contributed by atoms with E-state index in [1.165, 1.54) is 12.1 Å². The van der Waals surface area contributed by atoms with Gasteiger partial charge >= 0.3 is 5.97 Å². The van der Waals surface area contributed by atoms with Crippen molar-refractivity contribution in [2.45, 2.75) is 12.5 Å². The van der Waals surface area contributed by atoms with Crippen LogP contribution in [0.3, 0.4) is 0 Å². The normalized spacial score (nSPS) is 18.3. The maximum absolute atomic E-state index is 11.2. The number of hydrogen-bond acceptors (Lipinski definition) is 5. The van der Waals surface area contributed by atoms with Crippen LogP contribution in [0.4, 0.5) is 11.4 Å². The fraction of sp³-hybridized carbons (Fsp3) is 0.417. The van der Waals surface area contributed by atoms with Gasteiger partial charge in [-0.3, -0.25) is 10.1 Å². The summed E-state index contributed by atoms with van der Waals surface area (Å²) in [5, 5.41) is 19.9. The molecule has 0 amide bonds. The number of likely N-dealkylation sites (N-methyl/N-ethyl adjacent to an activating group) is 1. The fourth-order valence-corrected chi connectivity index (χ4v) is 2.14. The topological polar surface area (TPSA) is 92.9 Å². The molecule has 1 aromatic carbocycles. The highest BCUT2D eigenvalue weighted by Gasteiger charge is 2.25. The highest BCUT2D eigenvalue weighted by Crippen LogP contribution is 2.28. The monoisotopic (exact) mass is 266 g/mol. The minimum absolute atomic E-state index is 0.0661. The van der Waals surface area contributed by atoms with Gasteiger partial charge in [0.2, 0.25) is 0 Å². The summed E-state index contributed by atoms with van der Waals surface area (Å²) in [4.78, 5) is 23.1. The Balaban J connectivity index is 2.38. The standard InChI is InChI=1S/C12H14N2O5/c1-13(9-4-5-19-7-9)11-3-2-8(14(17)18)6-10(11)12(15)16/h2-3,6,9H,4-5,7H2,1H3,(H,15,16). The maximum Gasteiger partial charge on any atom is 0.338 e. The van der Waals surface area contributed by atoms with Gasteiger partial charge in [-0.25, -0.2) is 4.79 Å². The van der Waals surface area contributed by atoms with Gasteiger partial charge < -0.3 is 14.7 Å². The van der Waals surface area contributed by atoms with Crippen molar-refractivity contribution >= 4 is 17.3 Å². The van der Waals surface area contributed by atoms with Crippen molar-refractivity contribution in [1.29, 1.82) is 0 Å². The first-order valence-electron chi connectivity index (χ1n) is 5.83. The molecule has 1 atom stereocenters. The summed E-state index contributed by atoms with van der Waals surface area (Å²) in [5.41, 5.74) is 0.175. The summed E-state index contributed by atoms with van der Waals surface area (Å²) < 4.78 is 5.26. The molecule has 0 aliphatic carbocycles. The zero-order valence-corrected chi connectivity index (χ0v) is 10.4. The van der Waals surface area contributed by atoms with Crippen molar-refractivity contribution in [3.8, 4) is 0 Å². The summed E-state index contributed by atoms with van der Waals surface area (Å²) in [6, 6.07) is 3.97. The number of nitro benzene ring substituents is 1. The van der Waals surface area contributed by atoms with E-state index in [1.54, 1.807) is 11.9 Å². The van der Waals surface area contributed by atoms with Crippen LogP contribution in [0.25, 0.3) is 0 Å². The second-order valence-corrected chi connectivity index (χ2v) is 4.39. The quantitative estimate of drug-likeness (QED) is 0.656. The summed E-state index contributed by atoms with van der Waals surface area (Å²) >= 11 is 0. The maximum atomic E-state index is 11.2. The first kappa shape index (κ1) is 13.3. The van der Waals surface area contributed by atoms with Crippen molar-refractivity contribution in [2.24, 2.45) is 0 Å². The van der Waals surface area contributed by atoms with E-state index in [1.807, 2.05) is 0 Å². The molecule has 19 heavy (non-hydrogen) atoms. The van der Waals surface area contributed by atoms with Gasteiger partial charge in [0.05, 0.1) is 28.8 Å². The Morgan fingerprint density at radius 1 is 1.58 bits per heavy atom. The molecule has 1 aliphatic heterocycles. The number of nitrogens with zero attached hydrogens (tertiary/aromatic N) is 2. The van der Waals surface area contributed by atoms with Crippen molar-refractivity contribution in [3.63, 3.8) is 0 Å². The van der Waals surface area contributed by atoms with Gasteiger partial charge in [-0.15, -0.1) is 0 Å². The van der Waals surface area contributed by atoms with Gasteiger partial charge in [-0.05, 0) is 12.5 Å². The number of hydrogen-bond donors (Lipinski definition) is 1. The average molecular weight is 266 g/mol. The van der Waals surface area contributed by atoms with Crippen LogP contribution in [0.1, 0.15) is 16.8 Å².